The second kappa shape index (κ2) is 7.00. The van der Waals surface area contributed by atoms with Gasteiger partial charge in [0.25, 0.3) is 0 Å². The molecule has 3 rings (SSSR count). The lowest BCUT2D eigenvalue weighted by Gasteiger charge is -2.36. The normalized spacial score (nSPS) is 18.6. The van der Waals surface area contributed by atoms with E-state index in [0.717, 1.165) is 31.9 Å². The molecule has 24 heavy (non-hydrogen) atoms. The van der Waals surface area contributed by atoms with Crippen LogP contribution in [0.5, 0.6) is 0 Å². The summed E-state index contributed by atoms with van der Waals surface area (Å²) in [5, 5.41) is 0. The Morgan fingerprint density at radius 1 is 1.04 bits per heavy atom. The molecule has 7 heteroatoms. The monoisotopic (exact) mass is 331 g/mol. The Bertz CT molecular complexity index is 636. The highest BCUT2D eigenvalue weighted by Gasteiger charge is 2.30. The molecule has 0 atom stereocenters. The maximum atomic E-state index is 12.1. The summed E-state index contributed by atoms with van der Waals surface area (Å²) in [4.78, 5) is 40.3. The van der Waals surface area contributed by atoms with Crippen LogP contribution in [0.1, 0.15) is 17.3 Å². The van der Waals surface area contributed by atoms with E-state index in [0.29, 0.717) is 12.1 Å². The molecule has 1 aromatic carbocycles. The van der Waals surface area contributed by atoms with E-state index in [1.165, 1.54) is 4.90 Å². The third-order valence-corrected chi connectivity index (χ3v) is 4.43. The zero-order valence-electron chi connectivity index (χ0n) is 13.7. The Balaban J connectivity index is 1.51. The fraction of sp³-hybridized carbons (Fsp3) is 0.471. The largest absolute Gasteiger partial charge is 0.447 e. The van der Waals surface area contributed by atoms with Gasteiger partial charge in [-0.05, 0) is 31.2 Å². The molecule has 1 aromatic rings. The Labute approximate surface area is 140 Å². The van der Waals surface area contributed by atoms with Crippen molar-refractivity contribution in [3.05, 3.63) is 29.8 Å². The van der Waals surface area contributed by atoms with Crippen LogP contribution in [0.25, 0.3) is 0 Å². The summed E-state index contributed by atoms with van der Waals surface area (Å²) in [6.45, 7) is 5.54. The number of imide groups is 1. The number of benzene rings is 1. The van der Waals surface area contributed by atoms with Crippen LogP contribution in [0.15, 0.2) is 24.3 Å². The molecular weight excluding hydrogens is 310 g/mol. The second-order valence-electron chi connectivity index (χ2n) is 6.03. The van der Waals surface area contributed by atoms with Gasteiger partial charge < -0.3 is 9.64 Å². The van der Waals surface area contributed by atoms with Gasteiger partial charge >= 0.3 is 6.09 Å². The maximum absolute atomic E-state index is 12.1. The van der Waals surface area contributed by atoms with Crippen LogP contribution in [0.4, 0.5) is 10.5 Å². The molecule has 0 aliphatic carbocycles. The van der Waals surface area contributed by atoms with Gasteiger partial charge in [-0.15, -0.1) is 0 Å². The minimum atomic E-state index is -0.538. The Kier molecular flexibility index (Phi) is 4.80. The van der Waals surface area contributed by atoms with Crippen molar-refractivity contribution in [2.45, 2.75) is 6.92 Å². The molecule has 2 fully saturated rings. The number of ether oxygens (including phenoxy) is 1. The SMILES string of the molecule is CC(=O)c1ccc(N2CCN(CC(=O)N3CCOC3=O)CC2)cc1. The predicted octanol–water partition coefficient (Wildman–Crippen LogP) is 0.990. The molecule has 128 valence electrons. The molecule has 2 amide bonds. The van der Waals surface area contributed by atoms with Crippen LogP contribution < -0.4 is 4.90 Å². The van der Waals surface area contributed by atoms with Crippen molar-refractivity contribution in [2.24, 2.45) is 0 Å². The fourth-order valence-electron chi connectivity index (χ4n) is 2.97. The van der Waals surface area contributed by atoms with Gasteiger partial charge in [0.1, 0.15) is 6.61 Å². The van der Waals surface area contributed by atoms with Gasteiger partial charge in [0, 0.05) is 37.4 Å². The van der Waals surface area contributed by atoms with E-state index in [9.17, 15) is 14.4 Å². The van der Waals surface area contributed by atoms with Gasteiger partial charge in [-0.25, -0.2) is 9.69 Å². The van der Waals surface area contributed by atoms with Gasteiger partial charge in [-0.2, -0.15) is 0 Å². The Morgan fingerprint density at radius 2 is 1.71 bits per heavy atom. The molecule has 0 N–H and O–H groups in total. The summed E-state index contributed by atoms with van der Waals surface area (Å²) in [7, 11) is 0. The molecule has 2 heterocycles. The Morgan fingerprint density at radius 3 is 2.25 bits per heavy atom. The van der Waals surface area contributed by atoms with Crippen LogP contribution in [0, 0.1) is 0 Å². The number of piperazine rings is 1. The van der Waals surface area contributed by atoms with Gasteiger partial charge in [0.05, 0.1) is 13.1 Å². The first-order valence-corrected chi connectivity index (χ1v) is 8.10. The van der Waals surface area contributed by atoms with E-state index in [1.807, 2.05) is 29.2 Å². The first-order valence-electron chi connectivity index (χ1n) is 8.10. The molecule has 2 aliphatic rings. The van der Waals surface area contributed by atoms with Crippen molar-refractivity contribution in [3.8, 4) is 0 Å². The summed E-state index contributed by atoms with van der Waals surface area (Å²) in [6, 6.07) is 7.59. The lowest BCUT2D eigenvalue weighted by molar-refractivity contribution is -0.129. The number of amides is 2. The number of anilines is 1. The lowest BCUT2D eigenvalue weighted by Crippen LogP contribution is -2.50. The first-order chi connectivity index (χ1) is 11.5. The topological polar surface area (TPSA) is 70.2 Å². The van der Waals surface area contributed by atoms with E-state index >= 15 is 0 Å². The fourth-order valence-corrected chi connectivity index (χ4v) is 2.97. The van der Waals surface area contributed by atoms with Crippen LogP contribution in [-0.2, 0) is 9.53 Å². The van der Waals surface area contributed by atoms with Gasteiger partial charge in [-0.1, -0.05) is 0 Å². The number of nitrogens with zero attached hydrogens (tertiary/aromatic N) is 3. The van der Waals surface area contributed by atoms with Gasteiger partial charge in [0.15, 0.2) is 5.78 Å². The molecule has 0 aromatic heterocycles. The lowest BCUT2D eigenvalue weighted by atomic mass is 10.1. The third-order valence-electron chi connectivity index (χ3n) is 4.43. The average molecular weight is 331 g/mol. The number of Topliss-reactive ketones (excluding diaryl/α,β-unsaturated/α-hetero) is 1. The van der Waals surface area contributed by atoms with E-state index < -0.39 is 6.09 Å². The highest BCUT2D eigenvalue weighted by molar-refractivity contribution is 5.94. The van der Waals surface area contributed by atoms with Crippen molar-refractivity contribution in [3.63, 3.8) is 0 Å². The predicted molar refractivity (Wildman–Crippen MR) is 88.2 cm³/mol. The van der Waals surface area contributed by atoms with Crippen molar-refractivity contribution in [2.75, 3.05) is 50.8 Å². The van der Waals surface area contributed by atoms with Crippen LogP contribution in [-0.4, -0.2) is 73.5 Å². The molecule has 0 bridgehead atoms. The zero-order chi connectivity index (χ0) is 17.1. The van der Waals surface area contributed by atoms with Crippen LogP contribution in [0.3, 0.4) is 0 Å². The number of cyclic esters (lactones) is 1. The van der Waals surface area contributed by atoms with E-state index in [-0.39, 0.29) is 24.8 Å². The first kappa shape index (κ1) is 16.4. The number of carbonyl (C=O) groups excluding carboxylic acids is 3. The minimum Gasteiger partial charge on any atom is -0.447 e. The molecule has 2 saturated heterocycles. The van der Waals surface area contributed by atoms with Crippen molar-refractivity contribution >= 4 is 23.5 Å². The molecule has 2 aliphatic heterocycles. The van der Waals surface area contributed by atoms with Crippen molar-refractivity contribution in [1.29, 1.82) is 0 Å². The molecule has 0 spiro atoms. The number of rotatable bonds is 4. The number of ketones is 1. The molecular formula is C17H21N3O4. The van der Waals surface area contributed by atoms with E-state index in [4.69, 9.17) is 4.74 Å². The molecule has 0 saturated carbocycles. The van der Waals surface area contributed by atoms with Crippen molar-refractivity contribution in [1.82, 2.24) is 9.80 Å². The number of hydrogen-bond acceptors (Lipinski definition) is 6. The zero-order valence-corrected chi connectivity index (χ0v) is 13.7. The molecule has 0 unspecified atom stereocenters. The quantitative estimate of drug-likeness (QED) is 0.767. The minimum absolute atomic E-state index is 0.0605. The molecule has 7 nitrogen and oxygen atoms in total. The van der Waals surface area contributed by atoms with Crippen LogP contribution in [0.2, 0.25) is 0 Å². The Hall–Kier alpha value is -2.41. The smallest absolute Gasteiger partial charge is 0.416 e. The summed E-state index contributed by atoms with van der Waals surface area (Å²) < 4.78 is 4.79. The summed E-state index contributed by atoms with van der Waals surface area (Å²) >= 11 is 0. The average Bonchev–Trinajstić information content (AvgIpc) is 3.02. The second-order valence-corrected chi connectivity index (χ2v) is 6.03. The number of carbonyl (C=O) groups is 3. The number of hydrogen-bond donors (Lipinski definition) is 0. The van der Waals surface area contributed by atoms with E-state index in [1.54, 1.807) is 6.92 Å². The van der Waals surface area contributed by atoms with Crippen molar-refractivity contribution < 1.29 is 19.1 Å². The maximum Gasteiger partial charge on any atom is 0.416 e. The molecule has 0 radical (unpaired) electrons. The van der Waals surface area contributed by atoms with E-state index in [2.05, 4.69) is 4.90 Å². The standard InChI is InChI=1S/C17H21N3O4/c1-13(21)14-2-4-15(5-3-14)19-8-6-18(7-9-19)12-16(22)20-10-11-24-17(20)23/h2-5H,6-12H2,1H3. The highest BCUT2D eigenvalue weighted by Crippen LogP contribution is 2.18. The highest BCUT2D eigenvalue weighted by atomic mass is 16.6. The summed E-state index contributed by atoms with van der Waals surface area (Å²) in [6.07, 6.45) is -0.538. The third kappa shape index (κ3) is 3.56. The van der Waals surface area contributed by atoms with Crippen LogP contribution >= 0.6 is 0 Å². The summed E-state index contributed by atoms with van der Waals surface area (Å²) in [5.74, 6) is -0.137. The summed E-state index contributed by atoms with van der Waals surface area (Å²) in [5.41, 5.74) is 1.79. The van der Waals surface area contributed by atoms with Gasteiger partial charge in [-0.3, -0.25) is 14.5 Å². The van der Waals surface area contributed by atoms with Gasteiger partial charge in [0.2, 0.25) is 5.91 Å².